The van der Waals surface area contributed by atoms with Crippen LogP contribution in [-0.2, 0) is 9.53 Å². The molecular formula is C23H41N3O2. The number of nitrogens with one attached hydrogen (secondary N) is 2. The summed E-state index contributed by atoms with van der Waals surface area (Å²) in [6.07, 6.45) is 18.2. The van der Waals surface area contributed by atoms with Gasteiger partial charge in [-0.1, -0.05) is 71.1 Å². The van der Waals surface area contributed by atoms with E-state index in [1.165, 1.54) is 44.9 Å². The second-order valence-electron chi connectivity index (χ2n) is 7.87. The Hall–Kier alpha value is -1.54. The number of carbonyl (C=O) groups is 1. The van der Waals surface area contributed by atoms with Gasteiger partial charge >= 0.3 is 0 Å². The molecule has 5 nitrogen and oxygen atoms in total. The molecule has 0 heterocycles. The highest BCUT2D eigenvalue weighted by Gasteiger charge is 2.15. The highest BCUT2D eigenvalue weighted by Crippen LogP contribution is 2.17. The van der Waals surface area contributed by atoms with Gasteiger partial charge in [0.2, 0.25) is 0 Å². The largest absolute Gasteiger partial charge is 0.390 e. The first-order valence-corrected chi connectivity index (χ1v) is 11.5. The minimum atomic E-state index is -0.244. The molecule has 0 unspecified atom stereocenters. The molecule has 1 rings (SSSR count). The molecule has 0 radical (unpaired) electrons. The second kappa shape index (κ2) is 17.6. The Bertz CT molecular complexity index is 459. The molecule has 0 aromatic heterocycles. The van der Waals surface area contributed by atoms with Crippen molar-refractivity contribution in [1.82, 2.24) is 10.6 Å². The van der Waals surface area contributed by atoms with Crippen LogP contribution < -0.4 is 10.6 Å². The molecule has 1 saturated carbocycles. The Labute approximate surface area is 172 Å². The van der Waals surface area contributed by atoms with E-state index >= 15 is 0 Å². The standard InChI is InChI=1S/C23H41N3O2/c1-2-3-17-28-18-13-16-25-20-21(19-24)23(27)26-22-14-11-9-7-5-4-6-8-10-12-15-22/h20,22,25H,2-18H2,1H3,(H,26,27)/b21-20-. The first-order valence-electron chi connectivity index (χ1n) is 11.5. The zero-order chi connectivity index (χ0) is 20.3. The van der Waals surface area contributed by atoms with Crippen LogP contribution in [0.3, 0.4) is 0 Å². The van der Waals surface area contributed by atoms with Gasteiger partial charge in [-0.05, 0) is 25.7 Å². The van der Waals surface area contributed by atoms with Crippen molar-refractivity contribution < 1.29 is 9.53 Å². The number of unbranched alkanes of at least 4 members (excludes halogenated alkanes) is 1. The van der Waals surface area contributed by atoms with Gasteiger partial charge in [0.15, 0.2) is 0 Å². The van der Waals surface area contributed by atoms with Gasteiger partial charge < -0.3 is 15.4 Å². The molecule has 5 heteroatoms. The predicted molar refractivity (Wildman–Crippen MR) is 115 cm³/mol. The van der Waals surface area contributed by atoms with Crippen LogP contribution in [0.1, 0.15) is 96.8 Å². The zero-order valence-electron chi connectivity index (χ0n) is 17.9. The number of nitrogens with zero attached hydrogens (tertiary/aromatic N) is 1. The lowest BCUT2D eigenvalue weighted by Gasteiger charge is -2.19. The van der Waals surface area contributed by atoms with Gasteiger partial charge in [-0.2, -0.15) is 5.26 Å². The lowest BCUT2D eigenvalue weighted by Crippen LogP contribution is -2.36. The third-order valence-electron chi connectivity index (χ3n) is 5.30. The Kier molecular flexibility index (Phi) is 15.4. The molecule has 0 saturated heterocycles. The van der Waals surface area contributed by atoms with Crippen LogP contribution in [0.5, 0.6) is 0 Å². The van der Waals surface area contributed by atoms with Crippen LogP contribution >= 0.6 is 0 Å². The number of rotatable bonds is 10. The van der Waals surface area contributed by atoms with E-state index in [0.29, 0.717) is 13.2 Å². The summed E-state index contributed by atoms with van der Waals surface area (Å²) in [4.78, 5) is 12.5. The molecule has 1 aliphatic carbocycles. The second-order valence-corrected chi connectivity index (χ2v) is 7.87. The summed E-state index contributed by atoms with van der Waals surface area (Å²) in [5.41, 5.74) is 0.165. The molecule has 0 aromatic rings. The molecule has 0 bridgehead atoms. The molecule has 1 fully saturated rings. The molecule has 0 spiro atoms. The predicted octanol–water partition coefficient (Wildman–Crippen LogP) is 4.98. The summed E-state index contributed by atoms with van der Waals surface area (Å²) >= 11 is 0. The van der Waals surface area contributed by atoms with Crippen LogP contribution in [0, 0.1) is 11.3 Å². The number of amides is 1. The molecule has 1 amide bonds. The van der Waals surface area contributed by atoms with Gasteiger partial charge in [0, 0.05) is 32.0 Å². The summed E-state index contributed by atoms with van der Waals surface area (Å²) in [5, 5.41) is 15.5. The first-order chi connectivity index (χ1) is 13.8. The molecule has 2 N–H and O–H groups in total. The van der Waals surface area contributed by atoms with Gasteiger partial charge in [-0.25, -0.2) is 0 Å². The normalized spacial score (nSPS) is 17.8. The lowest BCUT2D eigenvalue weighted by atomic mass is 9.98. The summed E-state index contributed by atoms with van der Waals surface area (Å²) in [5.74, 6) is -0.244. The summed E-state index contributed by atoms with van der Waals surface area (Å²) in [6.45, 7) is 4.36. The van der Waals surface area contributed by atoms with Crippen molar-refractivity contribution >= 4 is 5.91 Å². The van der Waals surface area contributed by atoms with E-state index in [9.17, 15) is 10.1 Å². The van der Waals surface area contributed by atoms with E-state index in [-0.39, 0.29) is 17.5 Å². The monoisotopic (exact) mass is 391 g/mol. The average molecular weight is 392 g/mol. The SMILES string of the molecule is CCCCOCCCN/C=C(/C#N)C(=O)NC1CCCCCCCCCCC1. The highest BCUT2D eigenvalue weighted by molar-refractivity contribution is 5.97. The number of ether oxygens (including phenoxy) is 1. The van der Waals surface area contributed by atoms with Crippen molar-refractivity contribution in [3.8, 4) is 6.07 Å². The van der Waals surface area contributed by atoms with Gasteiger partial charge in [0.1, 0.15) is 11.6 Å². The lowest BCUT2D eigenvalue weighted by molar-refractivity contribution is -0.117. The van der Waals surface area contributed by atoms with Gasteiger partial charge in [0.05, 0.1) is 0 Å². The van der Waals surface area contributed by atoms with E-state index < -0.39 is 0 Å². The van der Waals surface area contributed by atoms with Crippen LogP contribution in [0.2, 0.25) is 0 Å². The smallest absolute Gasteiger partial charge is 0.263 e. The van der Waals surface area contributed by atoms with E-state index in [2.05, 4.69) is 17.6 Å². The fourth-order valence-electron chi connectivity index (χ4n) is 3.52. The van der Waals surface area contributed by atoms with Crippen molar-refractivity contribution in [2.24, 2.45) is 0 Å². The van der Waals surface area contributed by atoms with Crippen molar-refractivity contribution in [2.45, 2.75) is 103 Å². The van der Waals surface area contributed by atoms with Crippen molar-refractivity contribution in [1.29, 1.82) is 5.26 Å². The van der Waals surface area contributed by atoms with Crippen molar-refractivity contribution in [3.05, 3.63) is 11.8 Å². The highest BCUT2D eigenvalue weighted by atomic mass is 16.5. The maximum atomic E-state index is 12.5. The summed E-state index contributed by atoms with van der Waals surface area (Å²) in [7, 11) is 0. The molecule has 1 aliphatic rings. The number of nitriles is 1. The molecule has 0 aliphatic heterocycles. The third kappa shape index (κ3) is 12.8. The number of hydrogen-bond donors (Lipinski definition) is 2. The average Bonchev–Trinajstić information content (AvgIpc) is 2.69. The Morgan fingerprint density at radius 3 is 2.14 bits per heavy atom. The van der Waals surface area contributed by atoms with Crippen LogP contribution in [0.15, 0.2) is 11.8 Å². The van der Waals surface area contributed by atoms with Crippen molar-refractivity contribution in [3.63, 3.8) is 0 Å². The van der Waals surface area contributed by atoms with E-state index in [1.807, 2.05) is 6.07 Å². The first kappa shape index (κ1) is 24.5. The van der Waals surface area contributed by atoms with E-state index in [1.54, 1.807) is 6.20 Å². The van der Waals surface area contributed by atoms with E-state index in [0.717, 1.165) is 51.6 Å². The molecular weight excluding hydrogens is 350 g/mol. The Morgan fingerprint density at radius 2 is 1.57 bits per heavy atom. The summed E-state index contributed by atoms with van der Waals surface area (Å²) < 4.78 is 5.51. The summed E-state index contributed by atoms with van der Waals surface area (Å²) in [6, 6.07) is 2.22. The van der Waals surface area contributed by atoms with Crippen LogP contribution in [0.4, 0.5) is 0 Å². The quantitative estimate of drug-likeness (QED) is 0.313. The Balaban J connectivity index is 2.34. The molecule has 160 valence electrons. The maximum Gasteiger partial charge on any atom is 0.263 e. The zero-order valence-corrected chi connectivity index (χ0v) is 17.9. The van der Waals surface area contributed by atoms with Gasteiger partial charge in [-0.3, -0.25) is 4.79 Å². The minimum absolute atomic E-state index is 0.165. The van der Waals surface area contributed by atoms with Crippen LogP contribution in [0.25, 0.3) is 0 Å². The topological polar surface area (TPSA) is 74.1 Å². The third-order valence-corrected chi connectivity index (χ3v) is 5.30. The molecule has 0 aromatic carbocycles. The van der Waals surface area contributed by atoms with Crippen LogP contribution in [-0.4, -0.2) is 31.7 Å². The fraction of sp³-hybridized carbons (Fsp3) is 0.826. The minimum Gasteiger partial charge on any atom is -0.390 e. The number of hydrogen-bond acceptors (Lipinski definition) is 4. The molecule has 28 heavy (non-hydrogen) atoms. The Morgan fingerprint density at radius 1 is 1.00 bits per heavy atom. The van der Waals surface area contributed by atoms with E-state index in [4.69, 9.17) is 4.74 Å². The van der Waals surface area contributed by atoms with Gasteiger partial charge in [0.25, 0.3) is 5.91 Å². The molecule has 0 atom stereocenters. The number of carbonyl (C=O) groups excluding carboxylic acids is 1. The van der Waals surface area contributed by atoms with Crippen molar-refractivity contribution in [2.75, 3.05) is 19.8 Å². The maximum absolute atomic E-state index is 12.5. The van der Waals surface area contributed by atoms with Gasteiger partial charge in [-0.15, -0.1) is 0 Å². The fourth-order valence-corrected chi connectivity index (χ4v) is 3.52.